The lowest BCUT2D eigenvalue weighted by Crippen LogP contribution is -2.65. The van der Waals surface area contributed by atoms with E-state index in [1.807, 2.05) is 13.8 Å². The van der Waals surface area contributed by atoms with Crippen LogP contribution in [0.15, 0.2) is 42.5 Å². The molecule has 0 aromatic heterocycles. The summed E-state index contributed by atoms with van der Waals surface area (Å²) in [6, 6.07) is -5.75. The van der Waals surface area contributed by atoms with Gasteiger partial charge in [-0.3, -0.25) is 57.5 Å². The van der Waals surface area contributed by atoms with E-state index in [1.54, 1.807) is 39.5 Å². The van der Waals surface area contributed by atoms with E-state index in [0.717, 1.165) is 57.2 Å². The lowest BCUT2D eigenvalue weighted by molar-refractivity contribution is -0.160. The molecule has 1 aliphatic carbocycles. The summed E-state index contributed by atoms with van der Waals surface area (Å²) in [5.41, 5.74) is -3.50. The van der Waals surface area contributed by atoms with Crippen LogP contribution in [0.4, 0.5) is 26.3 Å². The number of benzene rings is 2. The van der Waals surface area contributed by atoms with Gasteiger partial charge in [-0.15, -0.1) is 0 Å². The number of fused-ring (bicyclic) bond motifs is 2. The number of nitrogens with one attached hydrogen (secondary N) is 3. The summed E-state index contributed by atoms with van der Waals surface area (Å²) in [5, 5.41) is 7.88. The summed E-state index contributed by atoms with van der Waals surface area (Å²) in [4.78, 5) is 192. The molecule has 2 aromatic carbocycles. The van der Waals surface area contributed by atoms with Crippen molar-refractivity contribution in [3.05, 3.63) is 69.7 Å². The highest BCUT2D eigenvalue weighted by Gasteiger charge is 2.53. The number of amides is 12. The van der Waals surface area contributed by atoms with Crippen LogP contribution < -0.4 is 16.0 Å². The van der Waals surface area contributed by atoms with Gasteiger partial charge >= 0.3 is 12.4 Å². The monoisotopic (exact) mass is 1530 g/mol. The van der Waals surface area contributed by atoms with Gasteiger partial charge in [-0.25, -0.2) is 0 Å². The molecule has 0 unspecified atom stereocenters. The van der Waals surface area contributed by atoms with Crippen molar-refractivity contribution in [2.75, 3.05) is 81.6 Å². The van der Waals surface area contributed by atoms with E-state index in [2.05, 4.69) is 16.0 Å². The Labute approximate surface area is 627 Å². The minimum absolute atomic E-state index is 0.00111. The summed E-state index contributed by atoms with van der Waals surface area (Å²) in [5.74, 6) is -10.6. The van der Waals surface area contributed by atoms with Gasteiger partial charge in [-0.05, 0) is 118 Å². The Bertz CT molecular complexity index is 3580. The zero-order valence-electron chi connectivity index (χ0n) is 63.9. The molecule has 12 amide bonds. The quantitative estimate of drug-likeness (QED) is 0.175. The second kappa shape index (κ2) is 36.4. The molecule has 5 fully saturated rings. The Morgan fingerprint density at radius 2 is 1.26 bits per heavy atom. The van der Waals surface area contributed by atoms with Gasteiger partial charge in [0.25, 0.3) is 0 Å². The molecular weight excluding hydrogens is 1430 g/mol. The fraction of sp³-hybridized carbons (Fsp3) is 0.680. The third kappa shape index (κ3) is 20.2. The Morgan fingerprint density at radius 1 is 0.645 bits per heavy atom. The van der Waals surface area contributed by atoms with Crippen LogP contribution in [0.25, 0.3) is 0 Å². The van der Waals surface area contributed by atoms with Gasteiger partial charge in [0.2, 0.25) is 70.9 Å². The Morgan fingerprint density at radius 3 is 1.81 bits per heavy atom. The molecule has 1 spiro atoms. The number of nitrogens with zero attached hydrogens (tertiary/aromatic N) is 9. The Balaban J connectivity index is 1.34. The fourth-order valence-corrected chi connectivity index (χ4v) is 15.4. The number of alkyl halides is 6. The van der Waals surface area contributed by atoms with Crippen molar-refractivity contribution in [3.8, 4) is 0 Å². The first-order chi connectivity index (χ1) is 50.1. The fourth-order valence-electron chi connectivity index (χ4n) is 15.1. The van der Waals surface area contributed by atoms with Crippen molar-refractivity contribution in [3.63, 3.8) is 0 Å². The third-order valence-corrected chi connectivity index (χ3v) is 22.6. The molecule has 4 aliphatic heterocycles. The molecule has 107 heavy (non-hydrogen) atoms. The molecule has 0 bridgehead atoms. The van der Waals surface area contributed by atoms with E-state index in [9.17, 15) is 55.1 Å². The van der Waals surface area contributed by atoms with Crippen molar-refractivity contribution in [2.45, 2.75) is 230 Å². The van der Waals surface area contributed by atoms with Gasteiger partial charge in [0, 0.05) is 87.9 Å². The topological polar surface area (TPSA) is 279 Å². The SMILES string of the molecule is CCO[C@@H]1C[C@H]2C(=O)NC3(CCCC3)C(=O)N(C)[C@@H]([C@@H](C)CC)C(=O)N(C)[C@H](C(=O)N3CCCC3)CC(=O)N(C)[C@@H](CC(C)C)C(=O)N[C@@H]([C@@H](C)CC)C(=O)N(C)[C@@H](C)C(=O)N3CC[C@H]3C(=O)N(C)[C@@H](Cc3ccc(C(F)(F)F)cc3)C(=O)N(C)CC(=O)N[C@@H](CCc3ccc(C(F)(F)F)c(Cl)c3)C(=O)N2C1. The second-order valence-electron chi connectivity index (χ2n) is 30.1. The largest absolute Gasteiger partial charge is 0.417 e. The van der Waals surface area contributed by atoms with E-state index in [0.29, 0.717) is 51.6 Å². The van der Waals surface area contributed by atoms with Gasteiger partial charge in [0.05, 0.1) is 35.2 Å². The molecule has 3 N–H and O–H groups in total. The average Bonchev–Trinajstić information content (AvgIpc) is 0.826. The van der Waals surface area contributed by atoms with Gasteiger partial charge in [0.1, 0.15) is 59.9 Å². The van der Waals surface area contributed by atoms with Crippen LogP contribution in [-0.4, -0.2) is 263 Å². The van der Waals surface area contributed by atoms with Crippen molar-refractivity contribution in [1.82, 2.24) is 60.0 Å². The Hall–Kier alpha value is -8.09. The molecule has 7 rings (SSSR count). The molecular formula is C75H107ClF6N12O13. The first-order valence-electron chi connectivity index (χ1n) is 37.2. The van der Waals surface area contributed by atoms with Crippen LogP contribution in [0, 0.1) is 17.8 Å². The number of aryl methyl sites for hydroxylation is 1. The predicted molar refractivity (Wildman–Crippen MR) is 384 cm³/mol. The highest BCUT2D eigenvalue weighted by Crippen LogP contribution is 2.38. The lowest BCUT2D eigenvalue weighted by Gasteiger charge is -2.45. The van der Waals surface area contributed by atoms with Crippen molar-refractivity contribution in [1.29, 1.82) is 0 Å². The lowest BCUT2D eigenvalue weighted by atomic mass is 9.90. The van der Waals surface area contributed by atoms with Crippen LogP contribution in [0.1, 0.15) is 161 Å². The molecule has 594 valence electrons. The normalized spacial score (nSPS) is 26.7. The number of halogens is 7. The molecule has 0 radical (unpaired) electrons. The average molecular weight is 1530 g/mol. The van der Waals surface area contributed by atoms with Crippen molar-refractivity contribution < 1.29 is 88.6 Å². The zero-order valence-corrected chi connectivity index (χ0v) is 64.6. The van der Waals surface area contributed by atoms with Crippen molar-refractivity contribution in [2.24, 2.45) is 17.8 Å². The molecule has 25 nitrogen and oxygen atoms in total. The predicted octanol–water partition coefficient (Wildman–Crippen LogP) is 6.34. The molecule has 4 heterocycles. The second-order valence-corrected chi connectivity index (χ2v) is 30.5. The molecule has 32 heteroatoms. The number of hydrogen-bond acceptors (Lipinski definition) is 13. The van der Waals surface area contributed by atoms with Gasteiger partial charge < -0.3 is 64.8 Å². The number of likely N-dealkylation sites (tertiary alicyclic amines) is 1. The standard InChI is InChI=1S/C75H107ClF6N12O13/c1-15-44(6)61-70(104)87(10)46(8)65(99)93-35-30-54(93)68(102)89(12)57(38-48-22-26-49(27-23-48)74(77,78)79)67(101)86(9)42-59(95)83-53(29-25-47-24-28-51(52(76)37-47)75(80,81)82)66(100)94-41-50(107-17-3)39-56(94)64(98)85-73(31-18-19-32-73)72(106)91(14)62(45(7)16-2)71(105)90(13)58(69(103)92-33-20-21-34-92)40-60(96)88(11)55(36-43(4)5)63(97)84-61/h22-24,26-28,37,43-46,50,53-58,61-62H,15-21,25,29-36,38-42H2,1-14H3,(H,83,95)(H,84,97)(H,85,98)/t44-,45-,46-,50+,53-,54-,55-,56-,57-,58-,61-,62-/m0/s1. The van der Waals surface area contributed by atoms with Crippen LogP contribution in [0.3, 0.4) is 0 Å². The number of rotatable bonds is 14. The maximum Gasteiger partial charge on any atom is 0.417 e. The molecule has 4 saturated heterocycles. The van der Waals surface area contributed by atoms with Gasteiger partial charge in [0.15, 0.2) is 0 Å². The van der Waals surface area contributed by atoms with Crippen LogP contribution >= 0.6 is 11.6 Å². The summed E-state index contributed by atoms with van der Waals surface area (Å²) < 4.78 is 89.6. The van der Waals surface area contributed by atoms with Gasteiger partial charge in [-0.1, -0.05) is 97.0 Å². The van der Waals surface area contributed by atoms with Crippen LogP contribution in [0.2, 0.25) is 5.02 Å². The maximum absolute atomic E-state index is 15.7. The van der Waals surface area contributed by atoms with Crippen LogP contribution in [0.5, 0.6) is 0 Å². The van der Waals surface area contributed by atoms with Crippen molar-refractivity contribution >= 4 is 82.5 Å². The summed E-state index contributed by atoms with van der Waals surface area (Å²) in [7, 11) is 7.98. The summed E-state index contributed by atoms with van der Waals surface area (Å²) in [6.45, 7) is 13.5. The molecule has 12 atom stereocenters. The highest BCUT2D eigenvalue weighted by atomic mass is 35.5. The maximum atomic E-state index is 15.7. The molecule has 2 aromatic rings. The van der Waals surface area contributed by atoms with E-state index >= 15 is 28.8 Å². The van der Waals surface area contributed by atoms with Gasteiger partial charge in [-0.2, -0.15) is 26.3 Å². The number of likely N-dealkylation sites (N-methyl/N-ethyl adjacent to an activating group) is 6. The summed E-state index contributed by atoms with van der Waals surface area (Å²) in [6.07, 6.45) is -9.03. The summed E-state index contributed by atoms with van der Waals surface area (Å²) >= 11 is 6.16. The zero-order chi connectivity index (χ0) is 79.6. The van der Waals surface area contributed by atoms with E-state index < -0.39 is 197 Å². The number of carbonyl (C=O) groups is 12. The van der Waals surface area contributed by atoms with E-state index in [4.69, 9.17) is 16.3 Å². The molecule has 5 aliphatic rings. The number of hydrogen-bond donors (Lipinski definition) is 3. The minimum Gasteiger partial charge on any atom is -0.377 e. The highest BCUT2D eigenvalue weighted by molar-refractivity contribution is 6.31. The first-order valence-corrected chi connectivity index (χ1v) is 37.5. The number of ether oxygens (including phenoxy) is 1. The Kier molecular flexibility index (Phi) is 29.3. The van der Waals surface area contributed by atoms with Crippen LogP contribution in [-0.2, 0) is 87.5 Å². The minimum atomic E-state index is -4.83. The number of carbonyl (C=O) groups excluding carboxylic acids is 12. The third-order valence-electron chi connectivity index (χ3n) is 22.3. The molecule has 1 saturated carbocycles. The first kappa shape index (κ1) is 86.2. The smallest absolute Gasteiger partial charge is 0.377 e. The van der Waals surface area contributed by atoms with E-state index in [1.165, 1.54) is 73.7 Å². The van der Waals surface area contributed by atoms with E-state index in [-0.39, 0.29) is 81.7 Å².